The van der Waals surface area contributed by atoms with Crippen LogP contribution < -0.4 is 21.1 Å². The van der Waals surface area contributed by atoms with Crippen LogP contribution in [0.1, 0.15) is 35.3 Å². The summed E-state index contributed by atoms with van der Waals surface area (Å²) in [5.41, 5.74) is 12.4. The van der Waals surface area contributed by atoms with E-state index in [2.05, 4.69) is 28.6 Å². The highest BCUT2D eigenvalue weighted by atomic mass is 35.5. The first-order valence-electron chi connectivity index (χ1n) is 12.8. The Labute approximate surface area is 262 Å². The molecule has 1 saturated heterocycles. The summed E-state index contributed by atoms with van der Waals surface area (Å²) in [7, 11) is -11.2. The second-order valence-corrected chi connectivity index (χ2v) is 15.6. The van der Waals surface area contributed by atoms with Crippen molar-refractivity contribution in [1.29, 1.82) is 0 Å². The van der Waals surface area contributed by atoms with E-state index in [1.807, 2.05) is 12.1 Å². The zero-order chi connectivity index (χ0) is 33.8. The van der Waals surface area contributed by atoms with E-state index in [9.17, 15) is 30.0 Å². The molecule has 44 heavy (non-hydrogen) atoms. The lowest BCUT2D eigenvalue weighted by atomic mass is 10.1. The minimum Gasteiger partial charge on any atom is -0.454 e. The molecule has 19 heteroatoms. The number of carbonyl (C=O) groups is 1. The molecule has 0 bridgehead atoms. The maximum atomic E-state index is 13.4. The molecule has 0 saturated carbocycles. The first-order chi connectivity index (χ1) is 20.0. The normalized spacial score (nSPS) is 16.1. The van der Waals surface area contributed by atoms with Crippen molar-refractivity contribution in [3.8, 4) is 11.5 Å². The second-order valence-electron chi connectivity index (χ2n) is 10.3. The lowest BCUT2D eigenvalue weighted by Gasteiger charge is -2.38. The van der Waals surface area contributed by atoms with E-state index in [1.54, 1.807) is 6.92 Å². The molecule has 1 amide bonds. The van der Waals surface area contributed by atoms with Gasteiger partial charge in [-0.05, 0) is 50.6 Å². The maximum absolute atomic E-state index is 13.4. The zero-order valence-corrected chi connectivity index (χ0v) is 27.9. The van der Waals surface area contributed by atoms with Crippen LogP contribution in [-0.4, -0.2) is 95.9 Å². The number of halogens is 1. The molecule has 0 aromatic heterocycles. The van der Waals surface area contributed by atoms with Crippen LogP contribution in [0.2, 0.25) is 5.02 Å². The van der Waals surface area contributed by atoms with Gasteiger partial charge in [0.25, 0.3) is 26.1 Å². The summed E-state index contributed by atoms with van der Waals surface area (Å²) < 4.78 is 84.6. The van der Waals surface area contributed by atoms with Gasteiger partial charge in [0, 0.05) is 49.0 Å². The molecule has 4 rings (SSSR count). The number of hydrogen-bond acceptors (Lipinski definition) is 10. The number of nitrogens with zero attached hydrogens (tertiary/aromatic N) is 3. The van der Waals surface area contributed by atoms with Gasteiger partial charge in [0.1, 0.15) is 16.4 Å². The lowest BCUT2D eigenvalue weighted by molar-refractivity contribution is 0.100. The minimum absolute atomic E-state index is 0.0533. The molecular weight excluding hydrogens is 662 g/mol. The summed E-state index contributed by atoms with van der Waals surface area (Å²) in [4.78, 5) is 20.3. The predicted octanol–water partition coefficient (Wildman–Crippen LogP) is 1.68. The molecule has 0 unspecified atom stereocenters. The van der Waals surface area contributed by atoms with Gasteiger partial charge in [-0.2, -0.15) is 21.8 Å². The monoisotopic (exact) mass is 697 g/mol. The van der Waals surface area contributed by atoms with E-state index >= 15 is 0 Å². The van der Waals surface area contributed by atoms with Crippen LogP contribution in [0.4, 0.5) is 5.69 Å². The number of rotatable bonds is 3. The number of benzene rings is 2. The molecule has 6 N–H and O–H groups in total. The zero-order valence-electron chi connectivity index (χ0n) is 24.7. The third kappa shape index (κ3) is 11.5. The number of amides is 1. The highest BCUT2D eigenvalue weighted by Gasteiger charge is 2.32. The maximum Gasteiger partial charge on any atom is 0.280 e. The number of hydrogen-bond donors (Lipinski definition) is 4. The Bertz CT molecular complexity index is 1700. The number of aryl methyl sites for hydroxylation is 1. The van der Waals surface area contributed by atoms with Crippen molar-refractivity contribution in [2.45, 2.75) is 37.5 Å². The van der Waals surface area contributed by atoms with E-state index in [0.717, 1.165) is 31.9 Å². The van der Waals surface area contributed by atoms with Crippen LogP contribution in [0, 0.1) is 6.92 Å². The number of nitrogens with two attached hydrogens (primary N) is 2. The Morgan fingerprint density at radius 1 is 0.977 bits per heavy atom. The number of carbonyl (C=O) groups excluding carboxylic acids is 1. The fourth-order valence-electron chi connectivity index (χ4n) is 4.33. The first-order valence-corrected chi connectivity index (χ1v) is 18.5. The van der Waals surface area contributed by atoms with Crippen molar-refractivity contribution in [3.05, 3.63) is 46.0 Å². The van der Waals surface area contributed by atoms with Crippen LogP contribution >= 0.6 is 11.6 Å². The fraction of sp³-hybridized carbons (Fsp3) is 0.440. The molecule has 0 spiro atoms. The summed E-state index contributed by atoms with van der Waals surface area (Å²) in [6.45, 7) is 9.46. The molecule has 0 aliphatic carbocycles. The summed E-state index contributed by atoms with van der Waals surface area (Å²) in [5.74, 6) is -1.00. The number of sulfone groups is 1. The van der Waals surface area contributed by atoms with E-state index in [4.69, 9.17) is 36.9 Å². The van der Waals surface area contributed by atoms with E-state index in [0.29, 0.717) is 40.5 Å². The van der Waals surface area contributed by atoms with Gasteiger partial charge in [-0.25, -0.2) is 8.42 Å². The van der Waals surface area contributed by atoms with Gasteiger partial charge in [0.2, 0.25) is 0 Å². The molecule has 2 heterocycles. The molecule has 2 aliphatic heterocycles. The van der Waals surface area contributed by atoms with Crippen molar-refractivity contribution >= 4 is 59.2 Å². The number of guanidine groups is 1. The third-order valence-electron chi connectivity index (χ3n) is 6.12. The number of fused-ring (bicyclic) bond motifs is 2. The van der Waals surface area contributed by atoms with Crippen LogP contribution in [0.25, 0.3) is 0 Å². The second kappa shape index (κ2) is 14.4. The van der Waals surface area contributed by atoms with Gasteiger partial charge in [-0.15, -0.1) is 0 Å². The van der Waals surface area contributed by atoms with Crippen molar-refractivity contribution in [2.75, 3.05) is 43.6 Å². The van der Waals surface area contributed by atoms with Gasteiger partial charge in [-0.1, -0.05) is 11.6 Å². The highest BCUT2D eigenvalue weighted by Crippen LogP contribution is 2.45. The summed E-state index contributed by atoms with van der Waals surface area (Å²) >= 11 is 6.61. The Hall–Kier alpha value is -3.00. The fourth-order valence-corrected chi connectivity index (χ4v) is 6.17. The lowest BCUT2D eigenvalue weighted by Crippen LogP contribution is -2.48. The molecule has 0 radical (unpaired) electrons. The Morgan fingerprint density at radius 2 is 1.50 bits per heavy atom. The van der Waals surface area contributed by atoms with Gasteiger partial charge in [0.15, 0.2) is 15.8 Å². The van der Waals surface area contributed by atoms with Crippen LogP contribution in [0.5, 0.6) is 11.5 Å². The van der Waals surface area contributed by atoms with Crippen molar-refractivity contribution in [2.24, 2.45) is 16.5 Å². The summed E-state index contributed by atoms with van der Waals surface area (Å²) in [6.07, 6.45) is 1.43. The first kappa shape index (κ1) is 37.2. The molecule has 1 fully saturated rings. The molecular formula is C25H36ClN5O10S3. The molecule has 0 atom stereocenters. The van der Waals surface area contributed by atoms with Crippen molar-refractivity contribution < 1.29 is 43.9 Å². The largest absolute Gasteiger partial charge is 0.454 e. The van der Waals surface area contributed by atoms with Crippen LogP contribution in [-0.2, 0) is 35.8 Å². The average Bonchev–Trinajstić information content (AvgIpc) is 2.95. The number of piperazine rings is 1. The Morgan fingerprint density at radius 3 is 1.98 bits per heavy atom. The van der Waals surface area contributed by atoms with Gasteiger partial charge < -0.3 is 21.1 Å². The molecule has 2 aliphatic rings. The van der Waals surface area contributed by atoms with Gasteiger partial charge in [0.05, 0.1) is 23.3 Å². The Kier molecular flexibility index (Phi) is 12.2. The van der Waals surface area contributed by atoms with Gasteiger partial charge >= 0.3 is 0 Å². The van der Waals surface area contributed by atoms with Crippen LogP contribution in [0.3, 0.4) is 0 Å². The smallest absolute Gasteiger partial charge is 0.280 e. The highest BCUT2D eigenvalue weighted by molar-refractivity contribution is 7.90. The standard InChI is InChI=1S/C23H28ClN5O4S.2CH4O3S/c1-13(2)28-4-6-29(7-5-28)17-9-16-12-34(31,32)19-10-15(22(30)27-23(25)26)8-14(3)20(19)33-21(16)18(24)11-17;2*1-5(2,3)4/h8-11,13H,4-7,12H2,1-3H3,(H4,25,26,27,30);2*1H3,(H,2,3,4). The van der Waals surface area contributed by atoms with Crippen LogP contribution in [0.15, 0.2) is 34.2 Å². The molecule has 2 aromatic rings. The molecule has 15 nitrogen and oxygen atoms in total. The third-order valence-corrected chi connectivity index (χ3v) is 8.06. The average molecular weight is 698 g/mol. The number of aliphatic imine (C=N–C) groups is 1. The predicted molar refractivity (Wildman–Crippen MR) is 168 cm³/mol. The summed E-state index contributed by atoms with van der Waals surface area (Å²) in [6, 6.07) is 6.86. The minimum atomic E-state index is -3.86. The Balaban J connectivity index is 0.000000586. The summed E-state index contributed by atoms with van der Waals surface area (Å²) in [5, 5.41) is 0.335. The number of ether oxygens (including phenoxy) is 1. The quantitative estimate of drug-likeness (QED) is 0.203. The van der Waals surface area contributed by atoms with E-state index < -0.39 is 41.9 Å². The van der Waals surface area contributed by atoms with Gasteiger partial charge in [-0.3, -0.25) is 18.8 Å². The molecule has 2 aromatic carbocycles. The topological polar surface area (TPSA) is 240 Å². The molecule has 246 valence electrons. The number of anilines is 1. The van der Waals surface area contributed by atoms with Crippen molar-refractivity contribution in [1.82, 2.24) is 4.90 Å². The van der Waals surface area contributed by atoms with E-state index in [1.165, 1.54) is 12.1 Å². The van der Waals surface area contributed by atoms with E-state index in [-0.39, 0.29) is 22.0 Å². The SMILES string of the molecule is CS(=O)(=O)O.CS(=O)(=O)O.Cc1cc(C(=O)N=C(N)N)cc2c1Oc1c(Cl)cc(N3CCN(C(C)C)CC3)cc1CS2(=O)=O. The van der Waals surface area contributed by atoms with Crippen molar-refractivity contribution in [3.63, 3.8) is 0 Å².